The van der Waals surface area contributed by atoms with Crippen LogP contribution in [0.1, 0.15) is 94.4 Å². The molecule has 2 aromatic carbocycles. The Balaban J connectivity index is 1.75. The molecule has 52 heavy (non-hydrogen) atoms. The van der Waals surface area contributed by atoms with Gasteiger partial charge in [-0.15, -0.1) is 0 Å². The van der Waals surface area contributed by atoms with Crippen molar-refractivity contribution in [3.05, 3.63) is 73.0 Å². The molecule has 10 heteroatoms. The molecule has 1 amide bonds. The summed E-state index contributed by atoms with van der Waals surface area (Å²) in [6, 6.07) is 20.7. The Labute approximate surface area is 314 Å². The van der Waals surface area contributed by atoms with Crippen molar-refractivity contribution in [2.45, 2.75) is 136 Å². The Kier molecular flexibility index (Phi) is 17.5. The average molecular weight is 742 g/mol. The van der Waals surface area contributed by atoms with Gasteiger partial charge in [-0.25, -0.2) is 4.79 Å². The van der Waals surface area contributed by atoms with Crippen molar-refractivity contribution < 1.29 is 38.8 Å². The Morgan fingerprint density at radius 3 is 1.94 bits per heavy atom. The van der Waals surface area contributed by atoms with Gasteiger partial charge in [0, 0.05) is 43.1 Å². The smallest absolute Gasteiger partial charge is 0.415 e. The lowest BCUT2D eigenvalue weighted by molar-refractivity contribution is -0.169. The van der Waals surface area contributed by atoms with Crippen LogP contribution >= 0.6 is 0 Å². The van der Waals surface area contributed by atoms with Crippen LogP contribution in [0.4, 0.5) is 4.79 Å². The van der Waals surface area contributed by atoms with Gasteiger partial charge in [0.15, 0.2) is 6.29 Å². The first-order valence-corrected chi connectivity index (χ1v) is 21.2. The van der Waals surface area contributed by atoms with Gasteiger partial charge in [-0.3, -0.25) is 0 Å². The Morgan fingerprint density at radius 2 is 1.44 bits per heavy atom. The first kappa shape index (κ1) is 43.8. The highest BCUT2D eigenvalue weighted by Crippen LogP contribution is 2.37. The first-order chi connectivity index (χ1) is 24.6. The van der Waals surface area contributed by atoms with Crippen molar-refractivity contribution >= 4 is 24.8 Å². The zero-order chi connectivity index (χ0) is 38.5. The second-order valence-corrected chi connectivity index (χ2v) is 20.3. The number of rotatable bonds is 19. The van der Waals surface area contributed by atoms with Crippen molar-refractivity contribution in [3.8, 4) is 0 Å². The molecule has 3 rings (SSSR count). The van der Waals surface area contributed by atoms with E-state index in [0.717, 1.165) is 29.6 Å². The van der Waals surface area contributed by atoms with E-state index in [9.17, 15) is 20.1 Å². The molecule has 292 valence electrons. The van der Waals surface area contributed by atoms with Crippen LogP contribution in [0.25, 0.3) is 0 Å². The first-order valence-electron chi connectivity index (χ1n) is 19.3. The van der Waals surface area contributed by atoms with Gasteiger partial charge in [-0.05, 0) is 81.3 Å². The molecule has 2 aromatic rings. The summed E-state index contributed by atoms with van der Waals surface area (Å²) >= 11 is 0. The fourth-order valence-corrected chi connectivity index (χ4v) is 12.1. The molecule has 1 heterocycles. The summed E-state index contributed by atoms with van der Waals surface area (Å²) in [5, 5.41) is 37.1. The maximum atomic E-state index is 12.7. The molecule has 0 aliphatic carbocycles. The maximum absolute atomic E-state index is 12.7. The van der Waals surface area contributed by atoms with E-state index in [1.54, 1.807) is 11.0 Å². The molecule has 0 aromatic heterocycles. The Bertz CT molecular complexity index is 1280. The number of aliphatic hydroxyl groups excluding tert-OH is 3. The number of amides is 1. The van der Waals surface area contributed by atoms with E-state index in [2.05, 4.69) is 45.0 Å². The van der Waals surface area contributed by atoms with Crippen LogP contribution in [0.2, 0.25) is 5.04 Å². The van der Waals surface area contributed by atoms with Crippen LogP contribution < -0.4 is 10.4 Å². The van der Waals surface area contributed by atoms with E-state index < -0.39 is 50.5 Å². The molecule has 0 radical (unpaired) electrons. The number of hydrogen-bond acceptors (Lipinski definition) is 8. The van der Waals surface area contributed by atoms with E-state index in [1.807, 2.05) is 77.9 Å². The molecule has 1 aliphatic rings. The summed E-state index contributed by atoms with van der Waals surface area (Å²) in [5.41, 5.74) is 0. The normalized spacial score (nSPS) is 19.3. The predicted octanol–water partition coefficient (Wildman–Crippen LogP) is 6.63. The van der Waals surface area contributed by atoms with Gasteiger partial charge in [0.25, 0.3) is 8.32 Å². The summed E-state index contributed by atoms with van der Waals surface area (Å²) < 4.78 is 24.2. The Morgan fingerprint density at radius 1 is 0.865 bits per heavy atom. The number of hydrogen-bond donors (Lipinski definition) is 3. The molecular weight excluding hydrogens is 675 g/mol. The summed E-state index contributed by atoms with van der Waals surface area (Å²) in [7, 11) is -2.80. The molecule has 7 atom stereocenters. The van der Waals surface area contributed by atoms with Crippen LogP contribution in [-0.4, -0.2) is 91.1 Å². The van der Waals surface area contributed by atoms with E-state index in [-0.39, 0.29) is 30.0 Å². The van der Waals surface area contributed by atoms with Crippen molar-refractivity contribution in [1.29, 1.82) is 0 Å². The number of carbonyl (C=O) groups is 1. The standard InChI is InChI=1S/C42H67NO8Si/c1-30(2)43(31(3)4)41(47)50-27-23-32(5)39(45)36(24-28-49-38-22-16-17-26-48-38)40(46)33(6)37(44)25-29-51-52(42(7,8)9,34-18-12-10-13-19-34)35-20-14-11-15-21-35/h10-15,18-21,23,27,30-33,36-40,44-46H,16-17,22,24-26,28-29H2,1-9H3/b27-23-/t32-,33-,36-,37+,38?,39-,40+/m0/s1. The average Bonchev–Trinajstić information content (AvgIpc) is 3.11. The van der Waals surface area contributed by atoms with Crippen molar-refractivity contribution in [2.75, 3.05) is 19.8 Å². The van der Waals surface area contributed by atoms with Gasteiger partial charge < -0.3 is 38.9 Å². The highest BCUT2D eigenvalue weighted by atomic mass is 28.4. The molecule has 0 bridgehead atoms. The van der Waals surface area contributed by atoms with E-state index >= 15 is 0 Å². The topological polar surface area (TPSA) is 118 Å². The lowest BCUT2D eigenvalue weighted by Crippen LogP contribution is -2.66. The number of benzene rings is 2. The van der Waals surface area contributed by atoms with Crippen LogP contribution in [0.3, 0.4) is 0 Å². The van der Waals surface area contributed by atoms with Crippen LogP contribution in [0.15, 0.2) is 73.0 Å². The second kappa shape index (κ2) is 20.8. The van der Waals surface area contributed by atoms with E-state index in [4.69, 9.17) is 18.6 Å². The van der Waals surface area contributed by atoms with E-state index in [1.165, 1.54) is 6.26 Å². The third-order valence-electron chi connectivity index (χ3n) is 10.5. The van der Waals surface area contributed by atoms with Gasteiger partial charge in [-0.1, -0.05) is 95.3 Å². The minimum Gasteiger partial charge on any atom is -0.418 e. The highest BCUT2D eigenvalue weighted by molar-refractivity contribution is 6.99. The van der Waals surface area contributed by atoms with Crippen LogP contribution in [-0.2, 0) is 18.6 Å². The monoisotopic (exact) mass is 741 g/mol. The number of aliphatic hydroxyl groups is 3. The molecule has 1 aliphatic heterocycles. The third-order valence-corrected chi connectivity index (χ3v) is 15.5. The molecule has 0 spiro atoms. The van der Waals surface area contributed by atoms with Gasteiger partial charge in [0.1, 0.15) is 0 Å². The largest absolute Gasteiger partial charge is 0.418 e. The fourth-order valence-electron chi connectivity index (χ4n) is 7.50. The predicted molar refractivity (Wildman–Crippen MR) is 210 cm³/mol. The SMILES string of the molecule is CC(C)N(C(=O)O/C=C\[C@H](C)[C@H](O)[C@H](CCOC1CCCCO1)[C@H](O)[C@@H](C)[C@H](O)CCO[Si](c1ccccc1)(c1ccccc1)C(C)(C)C)C(C)C. The van der Waals surface area contributed by atoms with Gasteiger partial charge in [-0.2, -0.15) is 0 Å². The van der Waals surface area contributed by atoms with Gasteiger partial charge in [0.05, 0.1) is 31.2 Å². The van der Waals surface area contributed by atoms with Gasteiger partial charge in [0.2, 0.25) is 0 Å². The van der Waals surface area contributed by atoms with Crippen LogP contribution in [0, 0.1) is 17.8 Å². The quantitative estimate of drug-likeness (QED) is 0.109. The molecule has 3 N–H and O–H groups in total. The van der Waals surface area contributed by atoms with Gasteiger partial charge >= 0.3 is 6.09 Å². The molecular formula is C42H67NO8Si. The summed E-state index contributed by atoms with van der Waals surface area (Å²) in [6.07, 6.45) is 2.77. The minimum atomic E-state index is -2.80. The third kappa shape index (κ3) is 11.7. The lowest BCUT2D eigenvalue weighted by Gasteiger charge is -2.43. The molecule has 1 unspecified atom stereocenters. The molecule has 9 nitrogen and oxygen atoms in total. The lowest BCUT2D eigenvalue weighted by atomic mass is 9.79. The molecule has 1 fully saturated rings. The Hall–Kier alpha value is -2.57. The van der Waals surface area contributed by atoms with E-state index in [0.29, 0.717) is 26.1 Å². The minimum absolute atomic E-state index is 0.0289. The fraction of sp³-hybridized carbons (Fsp3) is 0.643. The summed E-state index contributed by atoms with van der Waals surface area (Å²) in [4.78, 5) is 14.4. The number of ether oxygens (including phenoxy) is 3. The van der Waals surface area contributed by atoms with Crippen LogP contribution in [0.5, 0.6) is 0 Å². The number of carbonyl (C=O) groups excluding carboxylic acids is 1. The molecule has 1 saturated heterocycles. The molecule has 0 saturated carbocycles. The van der Waals surface area contributed by atoms with Crippen molar-refractivity contribution in [3.63, 3.8) is 0 Å². The summed E-state index contributed by atoms with van der Waals surface area (Å²) in [6.45, 7) is 19.3. The number of nitrogens with zero attached hydrogens (tertiary/aromatic N) is 1. The zero-order valence-electron chi connectivity index (χ0n) is 33.1. The summed E-state index contributed by atoms with van der Waals surface area (Å²) in [5.74, 6) is -1.68. The van der Waals surface area contributed by atoms with Crippen molar-refractivity contribution in [1.82, 2.24) is 4.90 Å². The maximum Gasteiger partial charge on any atom is 0.415 e. The second-order valence-electron chi connectivity index (χ2n) is 16.0. The van der Waals surface area contributed by atoms with Crippen molar-refractivity contribution in [2.24, 2.45) is 17.8 Å². The zero-order valence-corrected chi connectivity index (χ0v) is 34.1. The highest BCUT2D eigenvalue weighted by Gasteiger charge is 2.50.